The SMILES string of the molecule is Cn1c(C#N)c(-c2ccccc2)c2cc(OC3CCNC3)ccc2c1=O. The van der Waals surface area contributed by atoms with E-state index in [4.69, 9.17) is 4.74 Å². The monoisotopic (exact) mass is 345 g/mol. The third-order valence-electron chi connectivity index (χ3n) is 4.85. The van der Waals surface area contributed by atoms with Crippen LogP contribution in [0.2, 0.25) is 0 Å². The van der Waals surface area contributed by atoms with Gasteiger partial charge >= 0.3 is 0 Å². The molecule has 130 valence electrons. The number of fused-ring (bicyclic) bond motifs is 1. The molecule has 2 aromatic carbocycles. The van der Waals surface area contributed by atoms with Crippen molar-refractivity contribution >= 4 is 10.8 Å². The first-order valence-electron chi connectivity index (χ1n) is 8.68. The van der Waals surface area contributed by atoms with Gasteiger partial charge in [0.2, 0.25) is 0 Å². The fourth-order valence-corrected chi connectivity index (χ4v) is 3.52. The number of nitriles is 1. The Bertz CT molecular complexity index is 1060. The maximum absolute atomic E-state index is 12.7. The van der Waals surface area contributed by atoms with Crippen molar-refractivity contribution in [3.63, 3.8) is 0 Å². The molecule has 5 heteroatoms. The largest absolute Gasteiger partial charge is 0.489 e. The smallest absolute Gasteiger partial charge is 0.259 e. The van der Waals surface area contributed by atoms with Gasteiger partial charge in [-0.05, 0) is 36.7 Å². The average Bonchev–Trinajstić information content (AvgIpc) is 3.18. The first-order chi connectivity index (χ1) is 12.7. The van der Waals surface area contributed by atoms with Crippen LogP contribution in [0.5, 0.6) is 5.75 Å². The van der Waals surface area contributed by atoms with Gasteiger partial charge in [0.05, 0.1) is 0 Å². The van der Waals surface area contributed by atoms with E-state index in [2.05, 4.69) is 11.4 Å². The van der Waals surface area contributed by atoms with E-state index in [1.807, 2.05) is 42.5 Å². The Labute approximate surface area is 151 Å². The van der Waals surface area contributed by atoms with Crippen molar-refractivity contribution in [3.8, 4) is 22.9 Å². The lowest BCUT2D eigenvalue weighted by Gasteiger charge is -2.16. The topological polar surface area (TPSA) is 67.1 Å². The van der Waals surface area contributed by atoms with Crippen LogP contribution in [-0.2, 0) is 7.05 Å². The first-order valence-corrected chi connectivity index (χ1v) is 8.68. The zero-order valence-electron chi connectivity index (χ0n) is 14.5. The molecule has 5 nitrogen and oxygen atoms in total. The van der Waals surface area contributed by atoms with Gasteiger partial charge in [-0.1, -0.05) is 30.3 Å². The minimum Gasteiger partial charge on any atom is -0.489 e. The van der Waals surface area contributed by atoms with E-state index < -0.39 is 0 Å². The minimum atomic E-state index is -0.176. The predicted octanol–water partition coefficient (Wildman–Crippen LogP) is 2.82. The van der Waals surface area contributed by atoms with Crippen LogP contribution in [0.4, 0.5) is 0 Å². The summed E-state index contributed by atoms with van der Waals surface area (Å²) in [7, 11) is 1.64. The highest BCUT2D eigenvalue weighted by atomic mass is 16.5. The van der Waals surface area contributed by atoms with Crippen molar-refractivity contribution in [2.24, 2.45) is 7.05 Å². The normalized spacial score (nSPS) is 16.5. The van der Waals surface area contributed by atoms with E-state index in [9.17, 15) is 10.1 Å². The van der Waals surface area contributed by atoms with E-state index in [1.165, 1.54) is 4.57 Å². The van der Waals surface area contributed by atoms with E-state index in [1.54, 1.807) is 13.1 Å². The molecule has 0 radical (unpaired) electrons. The molecule has 1 atom stereocenters. The summed E-state index contributed by atoms with van der Waals surface area (Å²) in [6, 6.07) is 17.4. The van der Waals surface area contributed by atoms with Crippen LogP contribution in [0.25, 0.3) is 21.9 Å². The van der Waals surface area contributed by atoms with Crippen molar-refractivity contribution in [2.45, 2.75) is 12.5 Å². The highest BCUT2D eigenvalue weighted by molar-refractivity contribution is 5.99. The molecule has 3 aromatic rings. The highest BCUT2D eigenvalue weighted by Crippen LogP contribution is 2.32. The highest BCUT2D eigenvalue weighted by Gasteiger charge is 2.19. The lowest BCUT2D eigenvalue weighted by molar-refractivity contribution is 0.223. The number of pyridine rings is 1. The van der Waals surface area contributed by atoms with Crippen LogP contribution >= 0.6 is 0 Å². The van der Waals surface area contributed by atoms with Gasteiger partial charge in [-0.3, -0.25) is 4.79 Å². The molecule has 26 heavy (non-hydrogen) atoms. The second-order valence-electron chi connectivity index (χ2n) is 6.51. The number of hydrogen-bond donors (Lipinski definition) is 1. The molecule has 1 aliphatic rings. The van der Waals surface area contributed by atoms with Gasteiger partial charge in [0.1, 0.15) is 23.6 Å². The Hall–Kier alpha value is -3.10. The van der Waals surface area contributed by atoms with Crippen LogP contribution < -0.4 is 15.6 Å². The number of rotatable bonds is 3. The molecule has 0 saturated carbocycles. The number of aromatic nitrogens is 1. The molecule has 0 aliphatic carbocycles. The molecule has 1 N–H and O–H groups in total. The third kappa shape index (κ3) is 2.75. The van der Waals surface area contributed by atoms with Gasteiger partial charge < -0.3 is 14.6 Å². The van der Waals surface area contributed by atoms with Crippen LogP contribution in [0, 0.1) is 11.3 Å². The quantitative estimate of drug-likeness (QED) is 0.793. The van der Waals surface area contributed by atoms with E-state index >= 15 is 0 Å². The van der Waals surface area contributed by atoms with Gasteiger partial charge in [0.15, 0.2) is 0 Å². The standard InChI is InChI=1S/C21H19N3O2/c1-24-19(12-22)20(14-5-3-2-4-6-14)18-11-15(7-8-17(18)21(24)25)26-16-9-10-23-13-16/h2-8,11,16,23H,9-10,13H2,1H3. The second kappa shape index (κ2) is 6.66. The number of nitrogens with zero attached hydrogens (tertiary/aromatic N) is 2. The van der Waals surface area contributed by atoms with Crippen LogP contribution in [0.3, 0.4) is 0 Å². The lowest BCUT2D eigenvalue weighted by atomic mass is 9.97. The Kier molecular flexibility index (Phi) is 4.19. The van der Waals surface area contributed by atoms with Gasteiger partial charge in [-0.2, -0.15) is 5.26 Å². The fourth-order valence-electron chi connectivity index (χ4n) is 3.52. The van der Waals surface area contributed by atoms with Crippen LogP contribution in [0.1, 0.15) is 12.1 Å². The van der Waals surface area contributed by atoms with E-state index in [-0.39, 0.29) is 11.7 Å². The van der Waals surface area contributed by atoms with Crippen LogP contribution in [-0.4, -0.2) is 23.8 Å². The van der Waals surface area contributed by atoms with Crippen molar-refractivity contribution in [1.29, 1.82) is 5.26 Å². The average molecular weight is 345 g/mol. The van der Waals surface area contributed by atoms with Crippen molar-refractivity contribution in [2.75, 3.05) is 13.1 Å². The van der Waals surface area contributed by atoms with Crippen molar-refractivity contribution in [1.82, 2.24) is 9.88 Å². The molecular weight excluding hydrogens is 326 g/mol. The number of benzene rings is 2. The maximum atomic E-state index is 12.7. The minimum absolute atomic E-state index is 0.134. The summed E-state index contributed by atoms with van der Waals surface area (Å²) in [5, 5.41) is 14.3. The van der Waals surface area contributed by atoms with Gasteiger partial charge in [-0.15, -0.1) is 0 Å². The Morgan fingerprint density at radius 2 is 2.00 bits per heavy atom. The first kappa shape index (κ1) is 16.4. The number of hydrogen-bond acceptors (Lipinski definition) is 4. The summed E-state index contributed by atoms with van der Waals surface area (Å²) in [6.07, 6.45) is 1.10. The molecule has 1 aromatic heterocycles. The van der Waals surface area contributed by atoms with E-state index in [0.29, 0.717) is 11.1 Å². The molecule has 1 fully saturated rings. The summed E-state index contributed by atoms with van der Waals surface area (Å²) in [6.45, 7) is 1.77. The number of nitrogens with one attached hydrogen (secondary N) is 1. The number of ether oxygens (including phenoxy) is 1. The molecular formula is C21H19N3O2. The molecule has 4 rings (SSSR count). The Morgan fingerprint density at radius 3 is 2.69 bits per heavy atom. The Morgan fingerprint density at radius 1 is 1.19 bits per heavy atom. The zero-order chi connectivity index (χ0) is 18.1. The fraction of sp³-hybridized carbons (Fsp3) is 0.238. The van der Waals surface area contributed by atoms with Gasteiger partial charge in [-0.25, -0.2) is 0 Å². The summed E-state index contributed by atoms with van der Waals surface area (Å²) in [5.74, 6) is 0.723. The summed E-state index contributed by atoms with van der Waals surface area (Å²) < 4.78 is 7.49. The summed E-state index contributed by atoms with van der Waals surface area (Å²) >= 11 is 0. The molecule has 1 aliphatic heterocycles. The molecule has 0 amide bonds. The maximum Gasteiger partial charge on any atom is 0.259 e. The molecule has 1 unspecified atom stereocenters. The third-order valence-corrected chi connectivity index (χ3v) is 4.85. The zero-order valence-corrected chi connectivity index (χ0v) is 14.5. The van der Waals surface area contributed by atoms with Crippen LogP contribution in [0.15, 0.2) is 53.3 Å². The van der Waals surface area contributed by atoms with Gasteiger partial charge in [0, 0.05) is 29.9 Å². The lowest BCUT2D eigenvalue weighted by Crippen LogP contribution is -2.21. The van der Waals surface area contributed by atoms with Crippen molar-refractivity contribution < 1.29 is 4.74 Å². The van der Waals surface area contributed by atoms with E-state index in [0.717, 1.165) is 41.8 Å². The second-order valence-corrected chi connectivity index (χ2v) is 6.51. The molecule has 0 spiro atoms. The predicted molar refractivity (Wildman–Crippen MR) is 101 cm³/mol. The van der Waals surface area contributed by atoms with Gasteiger partial charge in [0.25, 0.3) is 5.56 Å². The molecule has 2 heterocycles. The molecule has 1 saturated heterocycles. The summed E-state index contributed by atoms with van der Waals surface area (Å²) in [5.41, 5.74) is 1.85. The summed E-state index contributed by atoms with van der Waals surface area (Å²) in [4.78, 5) is 12.7. The van der Waals surface area contributed by atoms with Crippen molar-refractivity contribution in [3.05, 3.63) is 64.6 Å². The molecule has 0 bridgehead atoms. The Balaban J connectivity index is 1.97.